The van der Waals surface area contributed by atoms with E-state index in [1.54, 1.807) is 7.11 Å². The highest BCUT2D eigenvalue weighted by molar-refractivity contribution is 5.53. The molecule has 0 heterocycles. The Bertz CT molecular complexity index is 154. The minimum atomic E-state index is 0.211. The molecule has 0 aromatic heterocycles. The molecule has 3 rings (SSSR count). The van der Waals surface area contributed by atoms with Gasteiger partial charge in [-0.15, -0.1) is 0 Å². The summed E-state index contributed by atoms with van der Waals surface area (Å²) in [5, 5.41) is 0. The summed E-state index contributed by atoms with van der Waals surface area (Å²) in [6.07, 6.45) is 5.15. The van der Waals surface area contributed by atoms with Gasteiger partial charge in [-0.3, -0.25) is 0 Å². The van der Waals surface area contributed by atoms with Gasteiger partial charge in [-0.05, 0) is 24.7 Å². The lowest BCUT2D eigenvalue weighted by molar-refractivity contribution is -0.272. The second kappa shape index (κ2) is 1.62. The number of carbonyl (C=O) groups excluding carboxylic acids is 1. The van der Waals surface area contributed by atoms with E-state index < -0.39 is 0 Å². The lowest BCUT2D eigenvalue weighted by atomic mass is 9.40. The number of aldehydes is 1. The van der Waals surface area contributed by atoms with Crippen LogP contribution in [0.2, 0.25) is 0 Å². The van der Waals surface area contributed by atoms with Gasteiger partial charge >= 0.3 is 0 Å². The molecule has 2 bridgehead atoms. The first-order chi connectivity index (χ1) is 4.74. The zero-order chi connectivity index (χ0) is 7.24. The van der Waals surface area contributed by atoms with E-state index in [4.69, 9.17) is 4.74 Å². The van der Waals surface area contributed by atoms with Crippen molar-refractivity contribution in [2.75, 3.05) is 7.11 Å². The highest BCUT2D eigenvalue weighted by Crippen LogP contribution is 2.70. The SMILES string of the molecule is COC12CC(CC=O)(C1)C2. The average molecular weight is 140 g/mol. The minimum Gasteiger partial charge on any atom is -0.378 e. The minimum absolute atomic E-state index is 0.211. The number of rotatable bonds is 3. The van der Waals surface area contributed by atoms with Crippen LogP contribution < -0.4 is 0 Å². The Morgan fingerprint density at radius 2 is 2.10 bits per heavy atom. The highest BCUT2D eigenvalue weighted by atomic mass is 16.5. The van der Waals surface area contributed by atoms with Gasteiger partial charge in [0.05, 0.1) is 5.60 Å². The van der Waals surface area contributed by atoms with Crippen molar-refractivity contribution in [1.29, 1.82) is 0 Å². The molecule has 0 aromatic carbocycles. The Morgan fingerprint density at radius 3 is 2.50 bits per heavy atom. The van der Waals surface area contributed by atoms with Crippen molar-refractivity contribution in [3.8, 4) is 0 Å². The predicted molar refractivity (Wildman–Crippen MR) is 36.7 cm³/mol. The van der Waals surface area contributed by atoms with Crippen molar-refractivity contribution >= 4 is 6.29 Å². The van der Waals surface area contributed by atoms with Gasteiger partial charge in [-0.25, -0.2) is 0 Å². The number of carbonyl (C=O) groups is 1. The summed E-state index contributed by atoms with van der Waals surface area (Å²) < 4.78 is 5.30. The molecule has 0 N–H and O–H groups in total. The van der Waals surface area contributed by atoms with Crippen LogP contribution in [0, 0.1) is 5.41 Å². The number of methoxy groups -OCH3 is 1. The van der Waals surface area contributed by atoms with Gasteiger partial charge in [-0.1, -0.05) is 0 Å². The second-order valence-electron chi connectivity index (χ2n) is 3.79. The lowest BCUT2D eigenvalue weighted by Gasteiger charge is -2.69. The van der Waals surface area contributed by atoms with Gasteiger partial charge in [0.1, 0.15) is 6.29 Å². The maximum Gasteiger partial charge on any atom is 0.120 e. The summed E-state index contributed by atoms with van der Waals surface area (Å²) in [5.74, 6) is 0. The molecule has 3 saturated carbocycles. The van der Waals surface area contributed by atoms with Crippen LogP contribution in [0.4, 0.5) is 0 Å². The fraction of sp³-hybridized carbons (Fsp3) is 0.875. The van der Waals surface area contributed by atoms with Gasteiger partial charge in [0.25, 0.3) is 0 Å². The van der Waals surface area contributed by atoms with Crippen molar-refractivity contribution < 1.29 is 9.53 Å². The van der Waals surface area contributed by atoms with Gasteiger partial charge in [0, 0.05) is 13.5 Å². The summed E-state index contributed by atoms with van der Waals surface area (Å²) in [4.78, 5) is 10.2. The maximum atomic E-state index is 10.2. The summed E-state index contributed by atoms with van der Waals surface area (Å²) in [5.41, 5.74) is 0.598. The van der Waals surface area contributed by atoms with E-state index in [2.05, 4.69) is 0 Å². The normalized spacial score (nSPS) is 49.3. The molecule has 0 spiro atoms. The van der Waals surface area contributed by atoms with Crippen LogP contribution in [0.15, 0.2) is 0 Å². The Morgan fingerprint density at radius 1 is 1.50 bits per heavy atom. The second-order valence-corrected chi connectivity index (χ2v) is 3.79. The molecule has 0 aliphatic heterocycles. The van der Waals surface area contributed by atoms with E-state index >= 15 is 0 Å². The molecule has 0 aromatic rings. The van der Waals surface area contributed by atoms with Crippen molar-refractivity contribution in [3.05, 3.63) is 0 Å². The van der Waals surface area contributed by atoms with E-state index in [9.17, 15) is 4.79 Å². The molecule has 3 aliphatic rings. The molecular formula is C8H12O2. The summed E-state index contributed by atoms with van der Waals surface area (Å²) >= 11 is 0. The fourth-order valence-electron chi connectivity index (χ4n) is 2.50. The highest BCUT2D eigenvalue weighted by Gasteiger charge is 2.67. The first-order valence-corrected chi connectivity index (χ1v) is 3.73. The van der Waals surface area contributed by atoms with Crippen LogP contribution in [0.25, 0.3) is 0 Å². The van der Waals surface area contributed by atoms with Gasteiger partial charge in [0.2, 0.25) is 0 Å². The number of hydrogen-bond donors (Lipinski definition) is 0. The third-order valence-corrected chi connectivity index (χ3v) is 3.04. The van der Waals surface area contributed by atoms with Crippen molar-refractivity contribution in [3.63, 3.8) is 0 Å². The first-order valence-electron chi connectivity index (χ1n) is 3.73. The summed E-state index contributed by atoms with van der Waals surface area (Å²) in [6, 6.07) is 0. The third kappa shape index (κ3) is 0.553. The lowest BCUT2D eigenvalue weighted by Crippen LogP contribution is -2.67. The Labute approximate surface area is 60.6 Å². The van der Waals surface area contributed by atoms with E-state index in [0.717, 1.165) is 32.0 Å². The first kappa shape index (κ1) is 6.35. The maximum absolute atomic E-state index is 10.2. The van der Waals surface area contributed by atoms with Crippen LogP contribution in [0.1, 0.15) is 25.7 Å². The largest absolute Gasteiger partial charge is 0.378 e. The summed E-state index contributed by atoms with van der Waals surface area (Å²) in [7, 11) is 1.77. The zero-order valence-corrected chi connectivity index (χ0v) is 6.22. The average Bonchev–Trinajstić information content (AvgIpc) is 1.74. The van der Waals surface area contributed by atoms with Crippen LogP contribution in [0.5, 0.6) is 0 Å². The van der Waals surface area contributed by atoms with Crippen LogP contribution in [-0.4, -0.2) is 19.0 Å². The van der Waals surface area contributed by atoms with Crippen LogP contribution in [0.3, 0.4) is 0 Å². The van der Waals surface area contributed by atoms with Gasteiger partial charge in [-0.2, -0.15) is 0 Å². The quantitative estimate of drug-likeness (QED) is 0.549. The molecule has 2 heteroatoms. The van der Waals surface area contributed by atoms with E-state index in [-0.39, 0.29) is 5.60 Å². The van der Waals surface area contributed by atoms with Gasteiger partial charge in [0.15, 0.2) is 0 Å². The summed E-state index contributed by atoms with van der Waals surface area (Å²) in [6.45, 7) is 0. The van der Waals surface area contributed by atoms with Crippen molar-refractivity contribution in [2.24, 2.45) is 5.41 Å². The molecular weight excluding hydrogens is 128 g/mol. The fourth-order valence-corrected chi connectivity index (χ4v) is 2.50. The molecule has 2 nitrogen and oxygen atoms in total. The zero-order valence-electron chi connectivity index (χ0n) is 6.22. The molecule has 0 atom stereocenters. The Balaban J connectivity index is 1.91. The molecule has 0 unspecified atom stereocenters. The van der Waals surface area contributed by atoms with Crippen LogP contribution in [-0.2, 0) is 9.53 Å². The molecule has 10 heavy (non-hydrogen) atoms. The van der Waals surface area contributed by atoms with Crippen molar-refractivity contribution in [2.45, 2.75) is 31.3 Å². The third-order valence-electron chi connectivity index (χ3n) is 3.04. The molecule has 0 saturated heterocycles. The molecule has 56 valence electrons. The van der Waals surface area contributed by atoms with E-state index in [1.165, 1.54) is 0 Å². The molecule has 3 fully saturated rings. The van der Waals surface area contributed by atoms with Gasteiger partial charge < -0.3 is 9.53 Å². The molecule has 3 aliphatic carbocycles. The standard InChI is InChI=1S/C8H12O2/c1-10-8-4-7(5-8,6-8)2-3-9/h3H,2,4-6H2,1H3. The monoisotopic (exact) mass is 140 g/mol. The van der Waals surface area contributed by atoms with Crippen molar-refractivity contribution in [1.82, 2.24) is 0 Å². The van der Waals surface area contributed by atoms with E-state index in [1.807, 2.05) is 0 Å². The molecule has 0 amide bonds. The predicted octanol–water partition coefficient (Wildman–Crippen LogP) is 1.14. The van der Waals surface area contributed by atoms with E-state index in [0.29, 0.717) is 5.41 Å². The Kier molecular flexibility index (Phi) is 1.03. The topological polar surface area (TPSA) is 26.3 Å². The number of hydrogen-bond acceptors (Lipinski definition) is 2. The number of ether oxygens (including phenoxy) is 1. The van der Waals surface area contributed by atoms with Crippen LogP contribution >= 0.6 is 0 Å². The molecule has 0 radical (unpaired) electrons. The smallest absolute Gasteiger partial charge is 0.120 e. The Hall–Kier alpha value is -0.370.